The lowest BCUT2D eigenvalue weighted by Crippen LogP contribution is -2.54. The molecule has 0 aromatic carbocycles. The maximum Gasteiger partial charge on any atom is 0.144 e. The quantitative estimate of drug-likeness (QED) is 0.695. The fraction of sp³-hybridized carbons (Fsp3) is 0.917. The molecule has 1 aliphatic heterocycles. The van der Waals surface area contributed by atoms with Crippen LogP contribution in [0.2, 0.25) is 0 Å². The minimum Gasteiger partial charge on any atom is -0.379 e. The van der Waals surface area contributed by atoms with Gasteiger partial charge in [0.05, 0.1) is 24.2 Å². The van der Waals surface area contributed by atoms with Crippen molar-refractivity contribution in [1.82, 2.24) is 0 Å². The van der Waals surface area contributed by atoms with Gasteiger partial charge < -0.3 is 9.47 Å². The van der Waals surface area contributed by atoms with E-state index in [2.05, 4.69) is 0 Å². The highest BCUT2D eigenvalue weighted by Crippen LogP contribution is 2.52. The van der Waals surface area contributed by atoms with E-state index in [9.17, 15) is 4.79 Å². The summed E-state index contributed by atoms with van der Waals surface area (Å²) >= 11 is 0. The normalized spacial score (nSPS) is 38.5. The summed E-state index contributed by atoms with van der Waals surface area (Å²) in [6, 6.07) is 0. The molecule has 0 aromatic rings. The Morgan fingerprint density at radius 3 is 2.73 bits per heavy atom. The van der Waals surface area contributed by atoms with Gasteiger partial charge in [-0.25, -0.2) is 0 Å². The van der Waals surface area contributed by atoms with Gasteiger partial charge in [0, 0.05) is 13.0 Å². The average molecular weight is 210 g/mol. The summed E-state index contributed by atoms with van der Waals surface area (Å²) < 4.78 is 11.3. The van der Waals surface area contributed by atoms with E-state index >= 15 is 0 Å². The second kappa shape index (κ2) is 3.56. The first-order valence-electron chi connectivity index (χ1n) is 6.08. The first-order valence-corrected chi connectivity index (χ1v) is 6.08. The molecule has 3 heteroatoms. The van der Waals surface area contributed by atoms with Crippen molar-refractivity contribution in [3.8, 4) is 0 Å². The first-order chi connectivity index (χ1) is 7.31. The smallest absolute Gasteiger partial charge is 0.144 e. The largest absolute Gasteiger partial charge is 0.379 e. The van der Waals surface area contributed by atoms with Gasteiger partial charge in [0.2, 0.25) is 0 Å². The van der Waals surface area contributed by atoms with E-state index in [0.717, 1.165) is 32.5 Å². The minimum absolute atomic E-state index is 0.0669. The zero-order valence-electron chi connectivity index (χ0n) is 9.04. The van der Waals surface area contributed by atoms with Crippen LogP contribution in [0.1, 0.15) is 38.5 Å². The minimum atomic E-state index is -0.0669. The predicted octanol–water partition coefficient (Wildman–Crippen LogP) is 1.69. The molecular formula is C12H18O3. The van der Waals surface area contributed by atoms with E-state index in [-0.39, 0.29) is 17.6 Å². The number of carbonyl (C=O) groups is 1. The molecule has 3 nitrogen and oxygen atoms in total. The molecule has 0 N–H and O–H groups in total. The summed E-state index contributed by atoms with van der Waals surface area (Å²) in [5.41, 5.74) is -0.0669. The summed E-state index contributed by atoms with van der Waals surface area (Å²) in [6.07, 6.45) is 6.63. The van der Waals surface area contributed by atoms with Crippen LogP contribution in [0.5, 0.6) is 0 Å². The molecule has 0 radical (unpaired) electrons. The zero-order valence-corrected chi connectivity index (χ0v) is 9.04. The van der Waals surface area contributed by atoms with Crippen molar-refractivity contribution in [1.29, 1.82) is 0 Å². The predicted molar refractivity (Wildman–Crippen MR) is 54.6 cm³/mol. The number of rotatable bonds is 2. The van der Waals surface area contributed by atoms with Crippen molar-refractivity contribution >= 4 is 5.78 Å². The van der Waals surface area contributed by atoms with Crippen molar-refractivity contribution < 1.29 is 14.3 Å². The van der Waals surface area contributed by atoms with Crippen molar-refractivity contribution in [2.24, 2.45) is 5.41 Å². The Hall–Kier alpha value is -0.410. The third-order valence-corrected chi connectivity index (χ3v) is 4.28. The van der Waals surface area contributed by atoms with Crippen LogP contribution in [0.3, 0.4) is 0 Å². The Bertz CT molecular complexity index is 262. The van der Waals surface area contributed by atoms with Crippen LogP contribution >= 0.6 is 0 Å². The van der Waals surface area contributed by atoms with Crippen LogP contribution in [-0.2, 0) is 14.3 Å². The third kappa shape index (κ3) is 1.44. The van der Waals surface area contributed by atoms with Gasteiger partial charge in [-0.15, -0.1) is 0 Å². The standard InChI is InChI=1S/C12H18O3/c13-10-7-11(12(10)4-1-2-5-12)15-9-3-6-14-8-9/h9,11H,1-8H2. The number of hydrogen-bond acceptors (Lipinski definition) is 3. The van der Waals surface area contributed by atoms with Crippen molar-refractivity contribution in [2.45, 2.75) is 50.7 Å². The van der Waals surface area contributed by atoms with Gasteiger partial charge in [-0.2, -0.15) is 0 Å². The maximum atomic E-state index is 11.7. The van der Waals surface area contributed by atoms with E-state index in [1.54, 1.807) is 0 Å². The highest BCUT2D eigenvalue weighted by atomic mass is 16.6. The third-order valence-electron chi connectivity index (χ3n) is 4.28. The number of carbonyl (C=O) groups excluding carboxylic acids is 1. The fourth-order valence-corrected chi connectivity index (χ4v) is 3.25. The van der Waals surface area contributed by atoms with Crippen LogP contribution < -0.4 is 0 Å². The highest BCUT2D eigenvalue weighted by Gasteiger charge is 2.57. The zero-order chi connectivity index (χ0) is 10.3. The monoisotopic (exact) mass is 210 g/mol. The Morgan fingerprint density at radius 1 is 1.33 bits per heavy atom. The summed E-state index contributed by atoms with van der Waals surface area (Å²) in [5.74, 6) is 0.448. The van der Waals surface area contributed by atoms with Gasteiger partial charge in [0.1, 0.15) is 5.78 Å². The first kappa shape index (κ1) is 9.79. The topological polar surface area (TPSA) is 35.5 Å². The molecule has 3 rings (SSSR count). The summed E-state index contributed by atoms with van der Waals surface area (Å²) in [4.78, 5) is 11.7. The molecule has 15 heavy (non-hydrogen) atoms. The van der Waals surface area contributed by atoms with Crippen LogP contribution in [-0.4, -0.2) is 31.2 Å². The molecule has 0 bridgehead atoms. The molecule has 84 valence electrons. The van der Waals surface area contributed by atoms with Crippen LogP contribution in [0.4, 0.5) is 0 Å². The molecule has 2 aliphatic carbocycles. The van der Waals surface area contributed by atoms with E-state index < -0.39 is 0 Å². The molecule has 1 saturated heterocycles. The molecule has 0 aromatic heterocycles. The lowest BCUT2D eigenvalue weighted by molar-refractivity contribution is -0.170. The lowest BCUT2D eigenvalue weighted by Gasteiger charge is -2.45. The van der Waals surface area contributed by atoms with Gasteiger partial charge in [-0.3, -0.25) is 4.79 Å². The van der Waals surface area contributed by atoms with E-state index in [1.807, 2.05) is 0 Å². The molecule has 3 fully saturated rings. The molecule has 1 spiro atoms. The Morgan fingerprint density at radius 2 is 2.13 bits per heavy atom. The van der Waals surface area contributed by atoms with Crippen LogP contribution in [0.25, 0.3) is 0 Å². The van der Waals surface area contributed by atoms with Crippen molar-refractivity contribution in [2.75, 3.05) is 13.2 Å². The summed E-state index contributed by atoms with van der Waals surface area (Å²) in [6.45, 7) is 1.54. The number of hydrogen-bond donors (Lipinski definition) is 0. The molecule has 2 saturated carbocycles. The molecule has 3 aliphatic rings. The summed E-state index contributed by atoms with van der Waals surface area (Å²) in [5, 5.41) is 0. The Kier molecular flexibility index (Phi) is 2.33. The molecule has 0 amide bonds. The molecule has 2 atom stereocenters. The van der Waals surface area contributed by atoms with Gasteiger partial charge in [0.15, 0.2) is 0 Å². The average Bonchev–Trinajstić information content (AvgIpc) is 2.89. The van der Waals surface area contributed by atoms with Crippen molar-refractivity contribution in [3.05, 3.63) is 0 Å². The fourth-order valence-electron chi connectivity index (χ4n) is 3.25. The molecular weight excluding hydrogens is 192 g/mol. The molecule has 1 heterocycles. The van der Waals surface area contributed by atoms with E-state index in [0.29, 0.717) is 12.2 Å². The van der Waals surface area contributed by atoms with Crippen LogP contribution in [0, 0.1) is 5.41 Å². The van der Waals surface area contributed by atoms with E-state index in [4.69, 9.17) is 9.47 Å². The van der Waals surface area contributed by atoms with Gasteiger partial charge in [0.25, 0.3) is 0 Å². The lowest BCUT2D eigenvalue weighted by atomic mass is 9.63. The van der Waals surface area contributed by atoms with Crippen molar-refractivity contribution in [3.63, 3.8) is 0 Å². The molecule has 2 unspecified atom stereocenters. The highest BCUT2D eigenvalue weighted by molar-refractivity contribution is 5.92. The second-order valence-corrected chi connectivity index (χ2v) is 5.10. The Balaban J connectivity index is 1.64. The van der Waals surface area contributed by atoms with Gasteiger partial charge in [-0.1, -0.05) is 12.8 Å². The van der Waals surface area contributed by atoms with Crippen LogP contribution in [0.15, 0.2) is 0 Å². The number of ether oxygens (including phenoxy) is 2. The summed E-state index contributed by atoms with van der Waals surface area (Å²) in [7, 11) is 0. The second-order valence-electron chi connectivity index (χ2n) is 5.10. The van der Waals surface area contributed by atoms with Gasteiger partial charge >= 0.3 is 0 Å². The number of ketones is 1. The SMILES string of the molecule is O=C1CC(OC2CCOC2)C12CCCC2. The number of Topliss-reactive ketones (excluding diaryl/α,β-unsaturated/α-hetero) is 1. The van der Waals surface area contributed by atoms with Gasteiger partial charge in [-0.05, 0) is 19.3 Å². The maximum absolute atomic E-state index is 11.7. The Labute approximate surface area is 90.1 Å². The van der Waals surface area contributed by atoms with E-state index in [1.165, 1.54) is 12.8 Å².